The van der Waals surface area contributed by atoms with Crippen LogP contribution in [0.1, 0.15) is 25.8 Å². The average Bonchev–Trinajstić information content (AvgIpc) is 2.67. The van der Waals surface area contributed by atoms with E-state index in [1.165, 1.54) is 6.92 Å². The summed E-state index contributed by atoms with van der Waals surface area (Å²) in [7, 11) is -4.14. The zero-order valence-corrected chi connectivity index (χ0v) is 12.1. The maximum absolute atomic E-state index is 12.1. The maximum Gasteiger partial charge on any atom is 0.401 e. The molecule has 0 aromatic heterocycles. The van der Waals surface area contributed by atoms with E-state index in [0.717, 1.165) is 5.56 Å². The lowest BCUT2D eigenvalue weighted by molar-refractivity contribution is -0.164. The Labute approximate surface area is 118 Å². The molecule has 1 aromatic rings. The van der Waals surface area contributed by atoms with Crippen molar-refractivity contribution in [3.63, 3.8) is 0 Å². The number of benzene rings is 1. The van der Waals surface area contributed by atoms with E-state index in [0.29, 0.717) is 6.42 Å². The molecule has 2 rings (SSSR count). The van der Waals surface area contributed by atoms with Crippen molar-refractivity contribution in [2.45, 2.75) is 38.6 Å². The standard InChI is InChI=1S/C13H16O6S/c1-3-11-13(2,19-20(15,16)18-11)12(14)17-9-10-7-5-4-6-8-10/h4-8,11H,3,9H2,1-2H3/t11-,13+/m1/s1. The third-order valence-corrected chi connectivity index (χ3v) is 4.13. The SMILES string of the molecule is CC[C@H]1OS(=O)(=O)O[C@]1(C)C(=O)OCc1ccccc1. The number of carbonyl (C=O) groups excluding carboxylic acids is 1. The van der Waals surface area contributed by atoms with Crippen molar-refractivity contribution in [3.8, 4) is 0 Å². The molecular formula is C13H16O6S. The Balaban J connectivity index is 2.08. The highest BCUT2D eigenvalue weighted by Crippen LogP contribution is 2.34. The van der Waals surface area contributed by atoms with E-state index in [1.54, 1.807) is 19.1 Å². The Morgan fingerprint density at radius 1 is 1.35 bits per heavy atom. The topological polar surface area (TPSA) is 78.9 Å². The van der Waals surface area contributed by atoms with Gasteiger partial charge in [0.2, 0.25) is 5.60 Å². The second kappa shape index (κ2) is 5.51. The molecule has 1 heterocycles. The molecule has 1 saturated heterocycles. The van der Waals surface area contributed by atoms with Crippen molar-refractivity contribution < 1.29 is 26.3 Å². The van der Waals surface area contributed by atoms with Gasteiger partial charge in [-0.15, -0.1) is 0 Å². The minimum absolute atomic E-state index is 0.0507. The Kier molecular flexibility index (Phi) is 4.12. The molecule has 0 radical (unpaired) electrons. The molecule has 1 aromatic carbocycles. The van der Waals surface area contributed by atoms with Gasteiger partial charge >= 0.3 is 16.4 Å². The molecule has 2 atom stereocenters. The number of ether oxygens (including phenoxy) is 1. The normalized spacial score (nSPS) is 28.2. The Morgan fingerprint density at radius 3 is 2.60 bits per heavy atom. The van der Waals surface area contributed by atoms with Gasteiger partial charge in [-0.05, 0) is 18.9 Å². The largest absolute Gasteiger partial charge is 0.459 e. The van der Waals surface area contributed by atoms with E-state index in [4.69, 9.17) is 13.1 Å². The van der Waals surface area contributed by atoms with Gasteiger partial charge in [-0.2, -0.15) is 8.42 Å². The molecule has 0 spiro atoms. The number of hydrogen-bond donors (Lipinski definition) is 0. The summed E-state index contributed by atoms with van der Waals surface area (Å²) in [5.41, 5.74) is -0.832. The van der Waals surface area contributed by atoms with Gasteiger partial charge in [0, 0.05) is 0 Å². The van der Waals surface area contributed by atoms with Crippen molar-refractivity contribution in [2.75, 3.05) is 0 Å². The molecule has 0 N–H and O–H groups in total. The zero-order valence-electron chi connectivity index (χ0n) is 11.2. The molecule has 0 amide bonds. The summed E-state index contributed by atoms with van der Waals surface area (Å²) in [6.07, 6.45) is -0.563. The minimum atomic E-state index is -4.14. The van der Waals surface area contributed by atoms with Crippen LogP contribution in [0.25, 0.3) is 0 Å². The molecule has 0 saturated carbocycles. The van der Waals surface area contributed by atoms with Gasteiger partial charge in [-0.25, -0.2) is 13.2 Å². The lowest BCUT2D eigenvalue weighted by Gasteiger charge is -2.23. The maximum atomic E-state index is 12.1. The van der Waals surface area contributed by atoms with E-state index >= 15 is 0 Å². The fourth-order valence-corrected chi connectivity index (χ4v) is 3.25. The predicted octanol–water partition coefficient (Wildman–Crippen LogP) is 1.56. The highest BCUT2D eigenvalue weighted by Gasteiger charge is 2.55. The predicted molar refractivity (Wildman–Crippen MR) is 69.8 cm³/mol. The zero-order chi connectivity index (χ0) is 14.8. The van der Waals surface area contributed by atoms with Crippen molar-refractivity contribution in [2.24, 2.45) is 0 Å². The van der Waals surface area contributed by atoms with Crippen molar-refractivity contribution >= 4 is 16.4 Å². The van der Waals surface area contributed by atoms with Gasteiger partial charge in [-0.3, -0.25) is 0 Å². The lowest BCUT2D eigenvalue weighted by Crippen LogP contribution is -2.45. The van der Waals surface area contributed by atoms with Crippen LogP contribution in [0, 0.1) is 0 Å². The Morgan fingerprint density at radius 2 is 2.00 bits per heavy atom. The van der Waals surface area contributed by atoms with E-state index in [-0.39, 0.29) is 6.61 Å². The quantitative estimate of drug-likeness (QED) is 0.785. The fourth-order valence-electron chi connectivity index (χ4n) is 2.01. The molecule has 1 aliphatic heterocycles. The lowest BCUT2D eigenvalue weighted by atomic mass is 9.97. The highest BCUT2D eigenvalue weighted by atomic mass is 32.3. The van der Waals surface area contributed by atoms with E-state index < -0.39 is 28.1 Å². The van der Waals surface area contributed by atoms with Gasteiger partial charge in [0.05, 0.1) is 0 Å². The summed E-state index contributed by atoms with van der Waals surface area (Å²) in [6, 6.07) is 9.09. The monoisotopic (exact) mass is 300 g/mol. The number of esters is 1. The van der Waals surface area contributed by atoms with Crippen LogP contribution in [0.4, 0.5) is 0 Å². The molecule has 0 unspecified atom stereocenters. The summed E-state index contributed by atoms with van der Waals surface area (Å²) < 4.78 is 37.3. The number of hydrogen-bond acceptors (Lipinski definition) is 6. The fraction of sp³-hybridized carbons (Fsp3) is 0.462. The molecule has 110 valence electrons. The minimum Gasteiger partial charge on any atom is -0.459 e. The summed E-state index contributed by atoms with van der Waals surface area (Å²) in [6.45, 7) is 3.12. The van der Waals surface area contributed by atoms with E-state index in [9.17, 15) is 13.2 Å². The Hall–Kier alpha value is -1.44. The summed E-state index contributed by atoms with van der Waals surface area (Å²) >= 11 is 0. The first-order chi connectivity index (χ1) is 9.37. The van der Waals surface area contributed by atoms with Crippen molar-refractivity contribution in [1.82, 2.24) is 0 Å². The van der Waals surface area contributed by atoms with Crippen LogP contribution in [0.3, 0.4) is 0 Å². The molecule has 1 fully saturated rings. The summed E-state index contributed by atoms with van der Waals surface area (Å²) in [5.74, 6) is -0.755. The third kappa shape index (κ3) is 3.00. The van der Waals surface area contributed by atoms with Crippen LogP contribution in [0.5, 0.6) is 0 Å². The van der Waals surface area contributed by atoms with Gasteiger partial charge < -0.3 is 4.74 Å². The van der Waals surface area contributed by atoms with Gasteiger partial charge in [0.25, 0.3) is 0 Å². The van der Waals surface area contributed by atoms with Crippen LogP contribution in [-0.2, 0) is 34.9 Å². The molecule has 0 bridgehead atoms. The molecule has 0 aliphatic carbocycles. The van der Waals surface area contributed by atoms with Crippen LogP contribution in [-0.4, -0.2) is 26.1 Å². The highest BCUT2D eigenvalue weighted by molar-refractivity contribution is 7.82. The first kappa shape index (κ1) is 15.0. The van der Waals surface area contributed by atoms with Crippen molar-refractivity contribution in [1.29, 1.82) is 0 Å². The van der Waals surface area contributed by atoms with Gasteiger partial charge in [0.1, 0.15) is 12.7 Å². The summed E-state index contributed by atoms with van der Waals surface area (Å²) in [4.78, 5) is 12.1. The number of carbonyl (C=O) groups is 1. The van der Waals surface area contributed by atoms with E-state index in [1.807, 2.05) is 18.2 Å². The molecule has 7 heteroatoms. The number of rotatable bonds is 4. The second-order valence-corrected chi connectivity index (χ2v) is 5.83. The molecule has 6 nitrogen and oxygen atoms in total. The first-order valence-corrected chi connectivity index (χ1v) is 7.56. The van der Waals surface area contributed by atoms with Gasteiger partial charge in [-0.1, -0.05) is 37.3 Å². The van der Waals surface area contributed by atoms with Gasteiger partial charge in [0.15, 0.2) is 0 Å². The van der Waals surface area contributed by atoms with Crippen LogP contribution in [0.15, 0.2) is 30.3 Å². The van der Waals surface area contributed by atoms with Crippen LogP contribution < -0.4 is 0 Å². The third-order valence-electron chi connectivity index (χ3n) is 3.11. The van der Waals surface area contributed by atoms with E-state index in [2.05, 4.69) is 0 Å². The second-order valence-electron chi connectivity index (χ2n) is 4.65. The molecular weight excluding hydrogens is 284 g/mol. The molecule has 20 heavy (non-hydrogen) atoms. The smallest absolute Gasteiger partial charge is 0.401 e. The summed E-state index contributed by atoms with van der Waals surface area (Å²) in [5, 5.41) is 0. The Bertz CT molecular complexity index is 582. The van der Waals surface area contributed by atoms with Crippen LogP contribution >= 0.6 is 0 Å². The van der Waals surface area contributed by atoms with Crippen molar-refractivity contribution in [3.05, 3.63) is 35.9 Å². The average molecular weight is 300 g/mol. The first-order valence-electron chi connectivity index (χ1n) is 6.22. The molecule has 1 aliphatic rings. The van der Waals surface area contributed by atoms with Crippen LogP contribution in [0.2, 0.25) is 0 Å².